The number of carbonyl (C=O) groups excluding carboxylic acids is 1. The summed E-state index contributed by atoms with van der Waals surface area (Å²) >= 11 is 0. The molecule has 1 saturated carbocycles. The van der Waals surface area contributed by atoms with Crippen molar-refractivity contribution in [2.45, 2.75) is 38.6 Å². The van der Waals surface area contributed by atoms with Crippen LogP contribution in [0, 0.1) is 5.92 Å². The summed E-state index contributed by atoms with van der Waals surface area (Å²) < 4.78 is 5.72. The Labute approximate surface area is 136 Å². The summed E-state index contributed by atoms with van der Waals surface area (Å²) in [5.41, 5.74) is 1.03. The molecular weight excluding hydrogens is 288 g/mol. The number of hydrogen-bond acceptors (Lipinski definition) is 3. The molecule has 4 nitrogen and oxygen atoms in total. The van der Waals surface area contributed by atoms with E-state index in [1.165, 1.54) is 19.3 Å². The number of nitrogens with one attached hydrogen (secondary N) is 1. The number of pyridine rings is 1. The Hall–Kier alpha value is -2.36. The maximum absolute atomic E-state index is 12.2. The van der Waals surface area contributed by atoms with Crippen molar-refractivity contribution >= 4 is 5.91 Å². The van der Waals surface area contributed by atoms with Gasteiger partial charge in [-0.05, 0) is 36.6 Å². The first-order chi connectivity index (χ1) is 11.3. The molecule has 1 aliphatic rings. The van der Waals surface area contributed by atoms with Crippen LogP contribution in [0.4, 0.5) is 0 Å². The summed E-state index contributed by atoms with van der Waals surface area (Å²) in [6.07, 6.45) is 7.35. The molecule has 0 unspecified atom stereocenters. The first-order valence-electron chi connectivity index (χ1n) is 8.27. The van der Waals surface area contributed by atoms with Gasteiger partial charge >= 0.3 is 0 Å². The number of benzene rings is 1. The Balaban J connectivity index is 1.56. The molecule has 0 atom stereocenters. The molecule has 120 valence electrons. The maximum Gasteiger partial charge on any atom is 0.223 e. The number of aromatic nitrogens is 1. The van der Waals surface area contributed by atoms with Crippen molar-refractivity contribution in [3.8, 4) is 11.6 Å². The van der Waals surface area contributed by atoms with Crippen molar-refractivity contribution in [3.63, 3.8) is 0 Å². The molecule has 0 radical (unpaired) electrons. The van der Waals surface area contributed by atoms with Gasteiger partial charge in [-0.25, -0.2) is 4.98 Å². The number of carbonyl (C=O) groups is 1. The van der Waals surface area contributed by atoms with Crippen LogP contribution in [0.15, 0.2) is 48.7 Å². The summed E-state index contributed by atoms with van der Waals surface area (Å²) in [7, 11) is 0. The topological polar surface area (TPSA) is 51.2 Å². The smallest absolute Gasteiger partial charge is 0.223 e. The molecule has 0 aliphatic heterocycles. The van der Waals surface area contributed by atoms with Crippen molar-refractivity contribution in [2.75, 3.05) is 0 Å². The zero-order valence-electron chi connectivity index (χ0n) is 13.2. The second-order valence-corrected chi connectivity index (χ2v) is 5.97. The van der Waals surface area contributed by atoms with Gasteiger partial charge in [0, 0.05) is 24.7 Å². The Morgan fingerprint density at radius 2 is 2.00 bits per heavy atom. The minimum absolute atomic E-state index is 0.181. The van der Waals surface area contributed by atoms with Gasteiger partial charge in [0.2, 0.25) is 11.8 Å². The Morgan fingerprint density at radius 1 is 1.13 bits per heavy atom. The molecule has 1 N–H and O–H groups in total. The van der Waals surface area contributed by atoms with Gasteiger partial charge in [-0.15, -0.1) is 0 Å². The van der Waals surface area contributed by atoms with Crippen molar-refractivity contribution in [2.24, 2.45) is 5.92 Å². The minimum atomic E-state index is 0.181. The summed E-state index contributed by atoms with van der Waals surface area (Å²) in [5.74, 6) is 1.67. The monoisotopic (exact) mass is 310 g/mol. The number of rotatable bonds is 5. The van der Waals surface area contributed by atoms with Crippen LogP contribution in [-0.2, 0) is 11.3 Å². The highest BCUT2D eigenvalue weighted by Gasteiger charge is 2.20. The molecule has 4 heteroatoms. The molecule has 1 heterocycles. The quantitative estimate of drug-likeness (QED) is 0.905. The molecule has 1 aromatic carbocycles. The van der Waals surface area contributed by atoms with Crippen molar-refractivity contribution in [3.05, 3.63) is 54.2 Å². The van der Waals surface area contributed by atoms with Gasteiger partial charge in [0.05, 0.1) is 0 Å². The predicted molar refractivity (Wildman–Crippen MR) is 89.2 cm³/mol. The van der Waals surface area contributed by atoms with E-state index in [2.05, 4.69) is 10.3 Å². The van der Waals surface area contributed by atoms with Crippen LogP contribution < -0.4 is 10.1 Å². The fourth-order valence-corrected chi connectivity index (χ4v) is 2.95. The average Bonchev–Trinajstić information content (AvgIpc) is 2.62. The van der Waals surface area contributed by atoms with E-state index in [0.29, 0.717) is 12.4 Å². The second-order valence-electron chi connectivity index (χ2n) is 5.97. The standard InChI is InChI=1S/C19H22N2O2/c22-19(16-8-2-1-3-9-16)21-14-15-7-6-10-17(13-15)23-18-11-4-5-12-20-18/h4-7,10-13,16H,1-3,8-9,14H2,(H,21,22). The molecule has 23 heavy (non-hydrogen) atoms. The average molecular weight is 310 g/mol. The summed E-state index contributed by atoms with van der Waals surface area (Å²) in [5, 5.41) is 3.05. The number of amides is 1. The number of nitrogens with zero attached hydrogens (tertiary/aromatic N) is 1. The first kappa shape index (κ1) is 15.5. The lowest BCUT2D eigenvalue weighted by Gasteiger charge is -2.20. The molecule has 0 saturated heterocycles. The summed E-state index contributed by atoms with van der Waals surface area (Å²) in [4.78, 5) is 16.3. The zero-order valence-corrected chi connectivity index (χ0v) is 13.2. The Kier molecular flexibility index (Phi) is 5.25. The second kappa shape index (κ2) is 7.77. The molecule has 1 amide bonds. The normalized spacial score (nSPS) is 15.1. The minimum Gasteiger partial charge on any atom is -0.439 e. The number of ether oxygens (including phenoxy) is 1. The van der Waals surface area contributed by atoms with Gasteiger partial charge in [0.25, 0.3) is 0 Å². The third-order valence-corrected chi connectivity index (χ3v) is 4.20. The van der Waals surface area contributed by atoms with E-state index in [9.17, 15) is 4.79 Å². The van der Waals surface area contributed by atoms with Crippen LogP contribution in [0.3, 0.4) is 0 Å². The van der Waals surface area contributed by atoms with Crippen LogP contribution in [0.25, 0.3) is 0 Å². The molecule has 1 fully saturated rings. The molecule has 1 aromatic heterocycles. The van der Waals surface area contributed by atoms with Gasteiger partial charge in [-0.1, -0.05) is 37.5 Å². The van der Waals surface area contributed by atoms with E-state index in [1.54, 1.807) is 6.20 Å². The Morgan fingerprint density at radius 3 is 2.78 bits per heavy atom. The van der Waals surface area contributed by atoms with Gasteiger partial charge in [-0.3, -0.25) is 4.79 Å². The van der Waals surface area contributed by atoms with Crippen molar-refractivity contribution in [1.82, 2.24) is 10.3 Å². The van der Waals surface area contributed by atoms with E-state index in [0.717, 1.165) is 24.2 Å². The molecule has 2 aromatic rings. The van der Waals surface area contributed by atoms with E-state index in [4.69, 9.17) is 4.74 Å². The maximum atomic E-state index is 12.2. The molecule has 3 rings (SSSR count). The van der Waals surface area contributed by atoms with E-state index < -0.39 is 0 Å². The highest BCUT2D eigenvalue weighted by atomic mass is 16.5. The van der Waals surface area contributed by atoms with Gasteiger partial charge in [0.1, 0.15) is 5.75 Å². The lowest BCUT2D eigenvalue weighted by molar-refractivity contribution is -0.126. The molecule has 1 aliphatic carbocycles. The summed E-state index contributed by atoms with van der Waals surface area (Å²) in [6.45, 7) is 0.536. The fourth-order valence-electron chi connectivity index (χ4n) is 2.95. The fraction of sp³-hybridized carbons (Fsp3) is 0.368. The largest absolute Gasteiger partial charge is 0.439 e. The van der Waals surface area contributed by atoms with E-state index >= 15 is 0 Å². The van der Waals surface area contributed by atoms with Crippen molar-refractivity contribution in [1.29, 1.82) is 0 Å². The van der Waals surface area contributed by atoms with E-state index in [-0.39, 0.29) is 11.8 Å². The first-order valence-corrected chi connectivity index (χ1v) is 8.27. The van der Waals surface area contributed by atoms with Crippen LogP contribution in [-0.4, -0.2) is 10.9 Å². The summed E-state index contributed by atoms with van der Waals surface area (Å²) in [6, 6.07) is 13.3. The lowest BCUT2D eigenvalue weighted by atomic mass is 9.88. The SMILES string of the molecule is O=C(NCc1cccc(Oc2ccccn2)c1)C1CCCCC1. The number of hydrogen-bond donors (Lipinski definition) is 1. The third kappa shape index (κ3) is 4.55. The van der Waals surface area contributed by atoms with Crippen LogP contribution in [0.1, 0.15) is 37.7 Å². The van der Waals surface area contributed by atoms with Gasteiger partial charge in [0.15, 0.2) is 0 Å². The lowest BCUT2D eigenvalue weighted by Crippen LogP contribution is -2.31. The van der Waals surface area contributed by atoms with E-state index in [1.807, 2.05) is 42.5 Å². The molecule has 0 spiro atoms. The van der Waals surface area contributed by atoms with Gasteiger partial charge < -0.3 is 10.1 Å². The van der Waals surface area contributed by atoms with Crippen LogP contribution in [0.5, 0.6) is 11.6 Å². The van der Waals surface area contributed by atoms with Crippen LogP contribution in [0.2, 0.25) is 0 Å². The third-order valence-electron chi connectivity index (χ3n) is 4.20. The highest BCUT2D eigenvalue weighted by molar-refractivity contribution is 5.78. The van der Waals surface area contributed by atoms with Crippen molar-refractivity contribution < 1.29 is 9.53 Å². The Bertz CT molecular complexity index is 637. The predicted octanol–water partition coefficient (Wildman–Crippen LogP) is 4.07. The highest BCUT2D eigenvalue weighted by Crippen LogP contribution is 2.24. The van der Waals surface area contributed by atoms with Gasteiger partial charge in [-0.2, -0.15) is 0 Å². The van der Waals surface area contributed by atoms with Crippen LogP contribution >= 0.6 is 0 Å². The molecular formula is C19H22N2O2. The molecule has 0 bridgehead atoms. The zero-order chi connectivity index (χ0) is 15.9.